The van der Waals surface area contributed by atoms with E-state index in [2.05, 4.69) is 5.16 Å². The van der Waals surface area contributed by atoms with Crippen LogP contribution in [0.1, 0.15) is 19.3 Å². The third-order valence-electron chi connectivity index (χ3n) is 4.42. The Morgan fingerprint density at radius 1 is 1.29 bits per heavy atom. The van der Waals surface area contributed by atoms with Gasteiger partial charge in [0.2, 0.25) is 10.0 Å². The highest BCUT2D eigenvalue weighted by atomic mass is 32.2. The maximum atomic E-state index is 12.7. The number of sulfonamides is 1. The minimum absolute atomic E-state index is 0.0125. The Morgan fingerprint density at radius 3 is 2.42 bits per heavy atom. The monoisotopic (exact) mass is 354 g/mol. The number of carboxylic acids is 1. The van der Waals surface area contributed by atoms with Gasteiger partial charge >= 0.3 is 5.97 Å². The molecule has 1 aromatic rings. The van der Waals surface area contributed by atoms with E-state index >= 15 is 0 Å². The van der Waals surface area contributed by atoms with E-state index in [-0.39, 0.29) is 30.1 Å². The Kier molecular flexibility index (Phi) is 4.22. The predicted molar refractivity (Wildman–Crippen MR) is 84.5 cm³/mol. The largest absolute Gasteiger partial charge is 0.497 e. The molecule has 0 amide bonds. The fourth-order valence-electron chi connectivity index (χ4n) is 2.94. The quantitative estimate of drug-likeness (QED) is 0.867. The Morgan fingerprint density at radius 2 is 1.92 bits per heavy atom. The van der Waals surface area contributed by atoms with Crippen LogP contribution in [0.4, 0.5) is 0 Å². The lowest BCUT2D eigenvalue weighted by atomic mass is 9.88. The molecule has 24 heavy (non-hydrogen) atoms. The SMILES string of the molecule is COc1ccc(S(=O)(=O)N2CCC3(CC2)CC(C(=O)O)=NO3)cc1. The summed E-state index contributed by atoms with van der Waals surface area (Å²) in [6, 6.07) is 6.23. The van der Waals surface area contributed by atoms with Crippen molar-refractivity contribution < 1.29 is 27.9 Å². The maximum Gasteiger partial charge on any atom is 0.353 e. The van der Waals surface area contributed by atoms with Crippen molar-refractivity contribution in [3.63, 3.8) is 0 Å². The van der Waals surface area contributed by atoms with Gasteiger partial charge in [0.15, 0.2) is 5.71 Å². The average molecular weight is 354 g/mol. The molecule has 2 aliphatic rings. The van der Waals surface area contributed by atoms with Gasteiger partial charge < -0.3 is 14.7 Å². The van der Waals surface area contributed by atoms with Crippen LogP contribution in [0.5, 0.6) is 5.75 Å². The van der Waals surface area contributed by atoms with Gasteiger partial charge in [0.1, 0.15) is 11.4 Å². The van der Waals surface area contributed by atoms with Crippen LogP contribution in [0.15, 0.2) is 34.3 Å². The second-order valence-corrected chi connectivity index (χ2v) is 7.81. The highest BCUT2D eigenvalue weighted by Crippen LogP contribution is 2.36. The van der Waals surface area contributed by atoms with E-state index in [0.29, 0.717) is 18.6 Å². The smallest absolute Gasteiger partial charge is 0.353 e. The van der Waals surface area contributed by atoms with E-state index < -0.39 is 21.6 Å². The molecule has 0 atom stereocenters. The van der Waals surface area contributed by atoms with Crippen LogP contribution in [0.25, 0.3) is 0 Å². The summed E-state index contributed by atoms with van der Waals surface area (Å²) in [4.78, 5) is 16.5. The molecule has 1 aromatic carbocycles. The Bertz CT molecular complexity index is 764. The first kappa shape index (κ1) is 16.7. The lowest BCUT2D eigenvalue weighted by Gasteiger charge is -2.36. The lowest BCUT2D eigenvalue weighted by Crippen LogP contribution is -2.46. The molecule has 0 unspecified atom stereocenters. The number of carboxylic acid groups (broad SMARTS) is 1. The molecular formula is C15H18N2O6S. The van der Waals surface area contributed by atoms with Gasteiger partial charge in [-0.05, 0) is 24.3 Å². The maximum absolute atomic E-state index is 12.7. The number of aliphatic carboxylic acids is 1. The van der Waals surface area contributed by atoms with Crippen LogP contribution in [0.3, 0.4) is 0 Å². The number of piperidine rings is 1. The van der Waals surface area contributed by atoms with Gasteiger partial charge in [0.05, 0.1) is 12.0 Å². The van der Waals surface area contributed by atoms with Crippen LogP contribution in [0.2, 0.25) is 0 Å². The van der Waals surface area contributed by atoms with Crippen LogP contribution in [-0.2, 0) is 19.7 Å². The van der Waals surface area contributed by atoms with Crippen molar-refractivity contribution in [2.24, 2.45) is 5.16 Å². The summed E-state index contributed by atoms with van der Waals surface area (Å²) >= 11 is 0. The van der Waals surface area contributed by atoms with Crippen molar-refractivity contribution >= 4 is 21.7 Å². The van der Waals surface area contributed by atoms with E-state index in [4.69, 9.17) is 14.7 Å². The number of ether oxygens (including phenoxy) is 1. The molecule has 3 rings (SSSR count). The molecule has 2 heterocycles. The van der Waals surface area contributed by atoms with Gasteiger partial charge in [-0.15, -0.1) is 0 Å². The van der Waals surface area contributed by atoms with E-state index in [1.807, 2.05) is 0 Å². The summed E-state index contributed by atoms with van der Waals surface area (Å²) in [7, 11) is -2.08. The molecule has 9 heteroatoms. The van der Waals surface area contributed by atoms with Crippen molar-refractivity contribution in [2.75, 3.05) is 20.2 Å². The molecule has 1 spiro atoms. The van der Waals surface area contributed by atoms with E-state index in [9.17, 15) is 13.2 Å². The van der Waals surface area contributed by atoms with Crippen LogP contribution in [-0.4, -0.2) is 55.3 Å². The molecule has 0 bridgehead atoms. The Hall–Kier alpha value is -2.13. The number of nitrogens with zero attached hydrogens (tertiary/aromatic N) is 2. The minimum Gasteiger partial charge on any atom is -0.497 e. The second kappa shape index (κ2) is 6.06. The number of rotatable bonds is 4. The summed E-state index contributed by atoms with van der Waals surface area (Å²) in [6.07, 6.45) is 1.02. The third kappa shape index (κ3) is 2.96. The molecular weight excluding hydrogens is 336 g/mol. The van der Waals surface area contributed by atoms with Crippen molar-refractivity contribution in [1.29, 1.82) is 0 Å². The minimum atomic E-state index is -3.59. The molecule has 8 nitrogen and oxygen atoms in total. The van der Waals surface area contributed by atoms with Gasteiger partial charge in [0, 0.05) is 32.4 Å². The number of carbonyl (C=O) groups is 1. The molecule has 1 N–H and O–H groups in total. The van der Waals surface area contributed by atoms with E-state index in [1.165, 1.54) is 23.5 Å². The summed E-state index contributed by atoms with van der Waals surface area (Å²) < 4.78 is 31.8. The van der Waals surface area contributed by atoms with Gasteiger partial charge in [-0.25, -0.2) is 13.2 Å². The number of methoxy groups -OCH3 is 1. The molecule has 1 fully saturated rings. The zero-order valence-electron chi connectivity index (χ0n) is 13.1. The first-order chi connectivity index (χ1) is 11.4. The zero-order valence-corrected chi connectivity index (χ0v) is 14.0. The van der Waals surface area contributed by atoms with Gasteiger partial charge in [-0.2, -0.15) is 4.31 Å². The highest BCUT2D eigenvalue weighted by Gasteiger charge is 2.45. The van der Waals surface area contributed by atoms with E-state index in [1.54, 1.807) is 12.1 Å². The van der Waals surface area contributed by atoms with Crippen LogP contribution >= 0.6 is 0 Å². The van der Waals surface area contributed by atoms with Crippen molar-refractivity contribution in [1.82, 2.24) is 4.31 Å². The van der Waals surface area contributed by atoms with Gasteiger partial charge in [-0.3, -0.25) is 0 Å². The van der Waals surface area contributed by atoms with Gasteiger partial charge in [0.25, 0.3) is 0 Å². The molecule has 1 saturated heterocycles. The highest BCUT2D eigenvalue weighted by molar-refractivity contribution is 7.89. The standard InChI is InChI=1S/C15H18N2O6S/c1-22-11-2-4-12(5-3-11)24(20,21)17-8-6-15(7-9-17)10-13(14(18)19)16-23-15/h2-5H,6-10H2,1H3,(H,18,19). The molecule has 2 aliphatic heterocycles. The fraction of sp³-hybridized carbons (Fsp3) is 0.467. The average Bonchev–Trinajstić information content (AvgIpc) is 2.99. The number of benzene rings is 1. The lowest BCUT2D eigenvalue weighted by molar-refractivity contribution is -0.129. The normalized spacial score (nSPS) is 20.5. The molecule has 130 valence electrons. The van der Waals surface area contributed by atoms with Crippen molar-refractivity contribution in [2.45, 2.75) is 29.8 Å². The van der Waals surface area contributed by atoms with Gasteiger partial charge in [-0.1, -0.05) is 5.16 Å². The van der Waals surface area contributed by atoms with Crippen LogP contribution < -0.4 is 4.74 Å². The van der Waals surface area contributed by atoms with Crippen LogP contribution in [0, 0.1) is 0 Å². The topological polar surface area (TPSA) is 106 Å². The summed E-state index contributed by atoms with van der Waals surface area (Å²) in [6.45, 7) is 0.521. The molecule has 0 saturated carbocycles. The third-order valence-corrected chi connectivity index (χ3v) is 6.33. The number of hydrogen-bond donors (Lipinski definition) is 1. The van der Waals surface area contributed by atoms with E-state index in [0.717, 1.165) is 0 Å². The number of oxime groups is 1. The first-order valence-electron chi connectivity index (χ1n) is 7.49. The molecule has 0 radical (unpaired) electrons. The van der Waals surface area contributed by atoms with Crippen molar-refractivity contribution in [3.8, 4) is 5.75 Å². The summed E-state index contributed by atoms with van der Waals surface area (Å²) in [5.74, 6) is -0.510. The van der Waals surface area contributed by atoms with Crippen molar-refractivity contribution in [3.05, 3.63) is 24.3 Å². The Balaban J connectivity index is 1.69. The fourth-order valence-corrected chi connectivity index (χ4v) is 4.38. The predicted octanol–water partition coefficient (Wildman–Crippen LogP) is 1.08. The molecule has 0 aliphatic carbocycles. The zero-order chi connectivity index (χ0) is 17.4. The molecule has 0 aromatic heterocycles. The second-order valence-electron chi connectivity index (χ2n) is 5.87. The Labute approximate surface area is 139 Å². The summed E-state index contributed by atoms with van der Waals surface area (Å²) in [5.41, 5.74) is -0.707. The number of hydrogen-bond acceptors (Lipinski definition) is 6. The first-order valence-corrected chi connectivity index (χ1v) is 8.93. The summed E-state index contributed by atoms with van der Waals surface area (Å²) in [5, 5.41) is 12.6.